The minimum atomic E-state index is -0.494. The van der Waals surface area contributed by atoms with E-state index in [4.69, 9.17) is 52.1 Å². The number of esters is 1. The highest BCUT2D eigenvalue weighted by Gasteiger charge is 2.17. The first-order chi connectivity index (χ1) is 54.3. The van der Waals surface area contributed by atoms with Crippen LogP contribution in [0.2, 0.25) is 0 Å². The molecule has 0 N–H and O–H groups in total. The van der Waals surface area contributed by atoms with Crippen LogP contribution in [0.15, 0.2) is 152 Å². The molecule has 12 nitrogen and oxygen atoms in total. The van der Waals surface area contributed by atoms with Gasteiger partial charge in [-0.05, 0) is 150 Å². The van der Waals surface area contributed by atoms with Gasteiger partial charge in [0.25, 0.3) is 0 Å². The maximum Gasteiger partial charge on any atom is 0.337 e. The molecule has 0 aliphatic rings. The molecule has 0 aliphatic heterocycles. The lowest BCUT2D eigenvalue weighted by atomic mass is 10.1. The fraction of sp³-hybridized carbons (Fsp3) is 0.561. The van der Waals surface area contributed by atoms with E-state index in [2.05, 4.69) is 76.2 Å². The Morgan fingerprint density at radius 3 is 0.655 bits per heavy atom. The van der Waals surface area contributed by atoms with Crippen molar-refractivity contribution < 1.29 is 56.9 Å². The van der Waals surface area contributed by atoms with E-state index in [1.165, 1.54) is 238 Å². The van der Waals surface area contributed by atoms with Gasteiger partial charge in [0.15, 0.2) is 34.5 Å². The normalized spacial score (nSPS) is 11.2. The largest absolute Gasteiger partial charge is 0.494 e. The smallest absolute Gasteiger partial charge is 0.337 e. The van der Waals surface area contributed by atoms with Gasteiger partial charge in [0.05, 0.1) is 39.1 Å². The van der Waals surface area contributed by atoms with Gasteiger partial charge >= 0.3 is 5.97 Å². The monoisotopic (exact) mass is 1510 g/mol. The molecule has 604 valence electrons. The van der Waals surface area contributed by atoms with Crippen molar-refractivity contribution in [1.29, 1.82) is 0 Å². The Balaban J connectivity index is 0.989. The van der Waals surface area contributed by atoms with Crippen LogP contribution >= 0.6 is 0 Å². The number of rotatable bonds is 67. The van der Waals surface area contributed by atoms with Crippen molar-refractivity contribution in [1.82, 2.24) is 0 Å². The highest BCUT2D eigenvalue weighted by atomic mass is 16.5. The highest BCUT2D eigenvalue weighted by molar-refractivity contribution is 5.90. The van der Waals surface area contributed by atoms with E-state index in [9.17, 15) is 4.79 Å². The van der Waals surface area contributed by atoms with E-state index in [1.54, 1.807) is 18.2 Å². The molecule has 110 heavy (non-hydrogen) atoms. The maximum absolute atomic E-state index is 13.1. The second-order valence-corrected chi connectivity index (χ2v) is 30.1. The SMILES string of the molecule is CCCCCCCCCCCCOc1ccc(COc2ccc(COc3ccc(C(=O)OC)cc3OCc3ccc(OCc4ccc(OCCCCCCCCCCCC)cc4)c(OCc4ccc(OCCCCCCCCCCCC)cc4)c3)cc2OCc2ccc(OCCCCCCCCCCCC)cc2)cc1. The number of ether oxygens (including phenoxy) is 11. The van der Waals surface area contributed by atoms with Crippen molar-refractivity contribution in [3.63, 3.8) is 0 Å². The van der Waals surface area contributed by atoms with Gasteiger partial charge in [0.2, 0.25) is 0 Å². The number of unbranched alkanes of at least 4 members (excludes halogenated alkanes) is 36. The minimum absolute atomic E-state index is 0.120. The second-order valence-electron chi connectivity index (χ2n) is 30.1. The molecule has 0 bridgehead atoms. The van der Waals surface area contributed by atoms with E-state index in [0.717, 1.165) is 82.1 Å². The van der Waals surface area contributed by atoms with Gasteiger partial charge < -0.3 is 52.1 Å². The highest BCUT2D eigenvalue weighted by Crippen LogP contribution is 2.36. The molecule has 0 saturated carbocycles. The minimum Gasteiger partial charge on any atom is -0.494 e. The molecule has 7 aromatic rings. The molecule has 0 fully saturated rings. The summed E-state index contributed by atoms with van der Waals surface area (Å²) in [5.41, 5.74) is 5.98. The van der Waals surface area contributed by atoms with Crippen LogP contribution in [-0.2, 0) is 44.4 Å². The van der Waals surface area contributed by atoms with Crippen molar-refractivity contribution in [2.75, 3.05) is 33.5 Å². The fourth-order valence-corrected chi connectivity index (χ4v) is 13.5. The molecule has 0 heterocycles. The van der Waals surface area contributed by atoms with Crippen molar-refractivity contribution in [3.05, 3.63) is 191 Å². The first kappa shape index (κ1) is 89.2. The van der Waals surface area contributed by atoms with Crippen molar-refractivity contribution in [2.45, 2.75) is 324 Å². The van der Waals surface area contributed by atoms with Crippen LogP contribution in [0.1, 0.15) is 328 Å². The number of methoxy groups -OCH3 is 1. The zero-order valence-electron chi connectivity index (χ0n) is 68.7. The maximum atomic E-state index is 13.1. The predicted octanol–water partition coefficient (Wildman–Crippen LogP) is 28.1. The Kier molecular flexibility index (Phi) is 47.0. The summed E-state index contributed by atoms with van der Waals surface area (Å²) in [5.74, 6) is 6.07. The summed E-state index contributed by atoms with van der Waals surface area (Å²) in [7, 11) is 1.37. The molecule has 7 aromatic carbocycles. The van der Waals surface area contributed by atoms with Crippen molar-refractivity contribution in [3.8, 4) is 57.5 Å². The summed E-state index contributed by atoms with van der Waals surface area (Å²) in [5, 5.41) is 0. The quantitative estimate of drug-likeness (QED) is 0.0267. The molecule has 0 atom stereocenters. The second kappa shape index (κ2) is 58.0. The molecule has 0 amide bonds. The van der Waals surface area contributed by atoms with Crippen LogP contribution in [0.4, 0.5) is 0 Å². The molecule has 0 spiro atoms. The Morgan fingerprint density at radius 1 is 0.209 bits per heavy atom. The Morgan fingerprint density at radius 2 is 0.409 bits per heavy atom. The summed E-state index contributed by atoms with van der Waals surface area (Å²) in [4.78, 5) is 13.1. The average Bonchev–Trinajstić information content (AvgIpc) is 0.834. The molecular formula is C98H140O12. The molecule has 0 aliphatic carbocycles. The van der Waals surface area contributed by atoms with E-state index >= 15 is 0 Å². The fourth-order valence-electron chi connectivity index (χ4n) is 13.5. The Hall–Kier alpha value is -7.99. The third kappa shape index (κ3) is 38.8. The van der Waals surface area contributed by atoms with Crippen molar-refractivity contribution >= 4 is 5.97 Å². The van der Waals surface area contributed by atoms with Gasteiger partial charge in [-0.3, -0.25) is 0 Å². The van der Waals surface area contributed by atoms with E-state index in [1.807, 2.05) is 84.9 Å². The lowest BCUT2D eigenvalue weighted by Gasteiger charge is -2.17. The van der Waals surface area contributed by atoms with Gasteiger partial charge in [0, 0.05) is 0 Å². The molecule has 0 radical (unpaired) electrons. The molecule has 0 aromatic heterocycles. The van der Waals surface area contributed by atoms with E-state index in [0.29, 0.717) is 92.9 Å². The van der Waals surface area contributed by atoms with Crippen LogP contribution in [0.25, 0.3) is 0 Å². The van der Waals surface area contributed by atoms with Crippen LogP contribution < -0.4 is 47.4 Å². The summed E-state index contributed by atoms with van der Waals surface area (Å²) in [6.07, 6.45) is 51.6. The zero-order chi connectivity index (χ0) is 77.2. The predicted molar refractivity (Wildman–Crippen MR) is 452 cm³/mol. The summed E-state index contributed by atoms with van der Waals surface area (Å²) in [6.45, 7) is 13.5. The molecule has 0 unspecified atom stereocenters. The lowest BCUT2D eigenvalue weighted by Crippen LogP contribution is -2.06. The number of carbonyl (C=O) groups excluding carboxylic acids is 1. The topological polar surface area (TPSA) is 119 Å². The Labute approximate surface area is 665 Å². The molecule has 7 rings (SSSR count). The number of benzene rings is 7. The van der Waals surface area contributed by atoms with Crippen LogP contribution in [0, 0.1) is 0 Å². The van der Waals surface area contributed by atoms with Gasteiger partial charge in [-0.15, -0.1) is 0 Å². The molecule has 0 saturated heterocycles. The van der Waals surface area contributed by atoms with E-state index in [-0.39, 0.29) is 13.2 Å². The third-order valence-electron chi connectivity index (χ3n) is 20.5. The first-order valence-corrected chi connectivity index (χ1v) is 43.4. The number of hydrogen-bond donors (Lipinski definition) is 0. The van der Waals surface area contributed by atoms with Gasteiger partial charge in [-0.2, -0.15) is 0 Å². The average molecular weight is 1510 g/mol. The third-order valence-corrected chi connectivity index (χ3v) is 20.5. The van der Waals surface area contributed by atoms with Gasteiger partial charge in [0.1, 0.15) is 62.6 Å². The summed E-state index contributed by atoms with van der Waals surface area (Å²) >= 11 is 0. The van der Waals surface area contributed by atoms with E-state index < -0.39 is 5.97 Å². The number of hydrogen-bond acceptors (Lipinski definition) is 12. The van der Waals surface area contributed by atoms with Crippen molar-refractivity contribution in [2.24, 2.45) is 0 Å². The summed E-state index contributed by atoms with van der Waals surface area (Å²) in [6, 6.07) is 49.5. The van der Waals surface area contributed by atoms with Gasteiger partial charge in [-0.25, -0.2) is 4.79 Å². The molecule has 12 heteroatoms. The van der Waals surface area contributed by atoms with Crippen LogP contribution in [-0.4, -0.2) is 39.5 Å². The van der Waals surface area contributed by atoms with Crippen LogP contribution in [0.3, 0.4) is 0 Å². The zero-order valence-corrected chi connectivity index (χ0v) is 68.7. The van der Waals surface area contributed by atoms with Crippen LogP contribution in [0.5, 0.6) is 57.5 Å². The standard InChI is InChI=1S/C98H140O12/c1-6-10-14-18-22-26-30-34-38-42-68-101-88-57-46-81(47-58-88)75-105-92-65-54-85(72-95(92)108-77-83-50-61-90(62-51-83)103-70-44-40-36-32-28-24-20-16-12-8-3)79-107-94-67-56-87(98(99)100-5)74-97(94)110-80-86-55-66-93(106-76-82-48-59-89(60-49-82)102-69-43-39-35-31-27-23-19-15-11-7-2)96(73-86)109-78-84-52-63-91(64-53-84)104-71-45-41-37-33-29-25-21-17-13-9-4/h46-67,72-74H,6-45,68-71,75-80H2,1-5H3. The first-order valence-electron chi connectivity index (χ1n) is 43.4. The lowest BCUT2D eigenvalue weighted by molar-refractivity contribution is 0.0600. The molecular weight excluding hydrogens is 1370 g/mol. The Bertz CT molecular complexity index is 3440. The van der Waals surface area contributed by atoms with Gasteiger partial charge in [-0.1, -0.05) is 320 Å². The summed E-state index contributed by atoms with van der Waals surface area (Å²) < 4.78 is 69.4. The number of carbonyl (C=O) groups is 1.